The van der Waals surface area contributed by atoms with E-state index in [4.69, 9.17) is 0 Å². The van der Waals surface area contributed by atoms with Crippen molar-refractivity contribution >= 4 is 21.5 Å². The Kier molecular flexibility index (Phi) is 3.75. The second-order valence-corrected chi connectivity index (χ2v) is 4.55. The minimum absolute atomic E-state index is 1.25. The maximum Gasteiger partial charge on any atom is -0.0177 e. The molecule has 0 bridgehead atoms. The van der Waals surface area contributed by atoms with Crippen LogP contribution in [0.25, 0.3) is 21.5 Å². The van der Waals surface area contributed by atoms with E-state index in [-0.39, 0.29) is 0 Å². The molecule has 20 heavy (non-hydrogen) atoms. The van der Waals surface area contributed by atoms with E-state index in [9.17, 15) is 0 Å². The average Bonchev–Trinajstić information content (AvgIpc) is 2.56. The molecule has 0 N–H and O–H groups in total. The lowest BCUT2D eigenvalue weighted by atomic mass is 10.1. The lowest BCUT2D eigenvalue weighted by Gasteiger charge is -1.92. The summed E-state index contributed by atoms with van der Waals surface area (Å²) in [5, 5.41) is 5.07. The molecule has 0 spiro atoms. The molecule has 94 valence electrons. The van der Waals surface area contributed by atoms with Crippen LogP contribution in [0, 0.1) is 12.1 Å². The van der Waals surface area contributed by atoms with Crippen molar-refractivity contribution in [2.45, 2.75) is 0 Å². The highest BCUT2D eigenvalue weighted by molar-refractivity contribution is 5.82. The van der Waals surface area contributed by atoms with Crippen LogP contribution < -0.4 is 0 Å². The Morgan fingerprint density at radius 3 is 1.25 bits per heavy atom. The quantitative estimate of drug-likeness (QED) is 0.400. The molecule has 4 aromatic carbocycles. The van der Waals surface area contributed by atoms with E-state index in [2.05, 4.69) is 48.5 Å². The van der Waals surface area contributed by atoms with Crippen LogP contribution in [0.1, 0.15) is 0 Å². The van der Waals surface area contributed by atoms with Crippen molar-refractivity contribution in [1.29, 1.82) is 0 Å². The van der Waals surface area contributed by atoms with Crippen LogP contribution in [0.15, 0.2) is 84.9 Å². The Labute approximate surface area is 119 Å². The predicted octanol–water partition coefficient (Wildman–Crippen LogP) is 5.28. The van der Waals surface area contributed by atoms with Crippen molar-refractivity contribution in [2.24, 2.45) is 0 Å². The zero-order valence-electron chi connectivity index (χ0n) is 11.1. The topological polar surface area (TPSA) is 0 Å². The lowest BCUT2D eigenvalue weighted by Crippen LogP contribution is -1.67. The molecule has 0 aromatic heterocycles. The summed E-state index contributed by atoms with van der Waals surface area (Å²) in [5.74, 6) is 0. The van der Waals surface area contributed by atoms with E-state index in [0.29, 0.717) is 0 Å². The summed E-state index contributed by atoms with van der Waals surface area (Å²) in [6.45, 7) is 0. The number of rotatable bonds is 0. The van der Waals surface area contributed by atoms with E-state index in [1.807, 2.05) is 48.5 Å². The van der Waals surface area contributed by atoms with Gasteiger partial charge in [-0.2, -0.15) is 0 Å². The van der Waals surface area contributed by atoms with Gasteiger partial charge in [0.1, 0.15) is 0 Å². The first-order chi connectivity index (χ1) is 9.93. The van der Waals surface area contributed by atoms with Gasteiger partial charge in [-0.25, -0.2) is 0 Å². The first kappa shape index (κ1) is 12.4. The Balaban J connectivity index is 0.000000121. The number of benzene rings is 4. The Hall–Kier alpha value is -2.60. The molecule has 0 saturated carbocycles. The van der Waals surface area contributed by atoms with Gasteiger partial charge in [-0.05, 0) is 45.8 Å². The van der Waals surface area contributed by atoms with Crippen LogP contribution in [0.3, 0.4) is 0 Å². The molecule has 0 heteroatoms. The van der Waals surface area contributed by atoms with E-state index >= 15 is 0 Å². The van der Waals surface area contributed by atoms with Crippen LogP contribution in [0.5, 0.6) is 0 Å². The molecule has 4 aromatic rings. The van der Waals surface area contributed by atoms with Crippen molar-refractivity contribution in [3.8, 4) is 0 Å². The number of hydrogen-bond acceptors (Lipinski definition) is 0. The SMILES string of the molecule is [c]1ccc2ccccc2c1.[c]1ccc2ccccc2c1. The summed E-state index contributed by atoms with van der Waals surface area (Å²) >= 11 is 0. The summed E-state index contributed by atoms with van der Waals surface area (Å²) in [5.41, 5.74) is 0. The molecule has 0 unspecified atom stereocenters. The molecular formula is C20H14. The van der Waals surface area contributed by atoms with E-state index in [0.717, 1.165) is 0 Å². The first-order valence-electron chi connectivity index (χ1n) is 6.63. The van der Waals surface area contributed by atoms with Crippen LogP contribution in [0.2, 0.25) is 0 Å². The average molecular weight is 254 g/mol. The third kappa shape index (κ3) is 2.86. The van der Waals surface area contributed by atoms with Gasteiger partial charge in [-0.1, -0.05) is 72.8 Å². The smallest absolute Gasteiger partial charge is 0.0177 e. The lowest BCUT2D eigenvalue weighted by molar-refractivity contribution is 1.74. The molecule has 0 aliphatic carbocycles. The van der Waals surface area contributed by atoms with Gasteiger partial charge < -0.3 is 0 Å². The van der Waals surface area contributed by atoms with Crippen molar-refractivity contribution < 1.29 is 0 Å². The second kappa shape index (κ2) is 6.03. The van der Waals surface area contributed by atoms with Gasteiger partial charge in [0.2, 0.25) is 0 Å². The maximum atomic E-state index is 3.04. The summed E-state index contributed by atoms with van der Waals surface area (Å²) in [7, 11) is 0. The molecule has 0 aliphatic rings. The van der Waals surface area contributed by atoms with Gasteiger partial charge in [-0.15, -0.1) is 0 Å². The highest BCUT2D eigenvalue weighted by atomic mass is 13.9. The summed E-state index contributed by atoms with van der Waals surface area (Å²) < 4.78 is 0. The third-order valence-corrected chi connectivity index (χ3v) is 3.19. The molecule has 0 nitrogen and oxygen atoms in total. The van der Waals surface area contributed by atoms with Crippen LogP contribution in [-0.2, 0) is 0 Å². The predicted molar refractivity (Wildman–Crippen MR) is 85.6 cm³/mol. The molecule has 4 rings (SSSR count). The molecule has 2 radical (unpaired) electrons. The zero-order valence-corrected chi connectivity index (χ0v) is 11.1. The Morgan fingerprint density at radius 1 is 0.450 bits per heavy atom. The van der Waals surface area contributed by atoms with Crippen molar-refractivity contribution in [2.75, 3.05) is 0 Å². The molecule has 0 atom stereocenters. The fourth-order valence-electron chi connectivity index (χ4n) is 2.14. The minimum atomic E-state index is 1.25. The third-order valence-electron chi connectivity index (χ3n) is 3.19. The molecule has 0 aliphatic heterocycles. The monoisotopic (exact) mass is 254 g/mol. The van der Waals surface area contributed by atoms with E-state index < -0.39 is 0 Å². The summed E-state index contributed by atoms with van der Waals surface area (Å²) in [4.78, 5) is 0. The second-order valence-electron chi connectivity index (χ2n) is 4.55. The van der Waals surface area contributed by atoms with Crippen LogP contribution in [0.4, 0.5) is 0 Å². The number of fused-ring (bicyclic) bond motifs is 2. The largest absolute Gasteiger partial charge is 0.0616 e. The normalized spacial score (nSPS) is 10.0. The molecule has 0 amide bonds. The summed E-state index contributed by atoms with van der Waals surface area (Å²) in [6, 6.07) is 34.6. The molecule has 0 fully saturated rings. The number of hydrogen-bond donors (Lipinski definition) is 0. The van der Waals surface area contributed by atoms with Gasteiger partial charge >= 0.3 is 0 Å². The standard InChI is InChI=1S/2C10H7/c2*1-2-6-10-8-4-3-7-9(10)5-1/h2*1-3,5-8H. The van der Waals surface area contributed by atoms with Gasteiger partial charge in [0.25, 0.3) is 0 Å². The van der Waals surface area contributed by atoms with Crippen molar-refractivity contribution in [3.05, 3.63) is 97.1 Å². The van der Waals surface area contributed by atoms with E-state index in [1.165, 1.54) is 21.5 Å². The fourth-order valence-corrected chi connectivity index (χ4v) is 2.14. The van der Waals surface area contributed by atoms with Gasteiger partial charge in [0.15, 0.2) is 0 Å². The molecular weight excluding hydrogens is 240 g/mol. The Morgan fingerprint density at radius 2 is 0.850 bits per heavy atom. The molecule has 0 heterocycles. The molecule has 0 saturated heterocycles. The highest BCUT2D eigenvalue weighted by Gasteiger charge is 1.86. The van der Waals surface area contributed by atoms with Gasteiger partial charge in [-0.3, -0.25) is 0 Å². The minimum Gasteiger partial charge on any atom is -0.0616 e. The van der Waals surface area contributed by atoms with Crippen LogP contribution in [-0.4, -0.2) is 0 Å². The van der Waals surface area contributed by atoms with Crippen LogP contribution >= 0.6 is 0 Å². The highest BCUT2D eigenvalue weighted by Crippen LogP contribution is 2.11. The Bertz CT molecular complexity index is 613. The maximum absolute atomic E-state index is 3.04. The summed E-state index contributed by atoms with van der Waals surface area (Å²) in [6.07, 6.45) is 0. The van der Waals surface area contributed by atoms with Crippen molar-refractivity contribution in [1.82, 2.24) is 0 Å². The van der Waals surface area contributed by atoms with E-state index in [1.54, 1.807) is 0 Å². The van der Waals surface area contributed by atoms with Gasteiger partial charge in [0, 0.05) is 0 Å². The fraction of sp³-hybridized carbons (Fsp3) is 0. The first-order valence-corrected chi connectivity index (χ1v) is 6.63. The van der Waals surface area contributed by atoms with Gasteiger partial charge in [0.05, 0.1) is 0 Å². The van der Waals surface area contributed by atoms with Crippen molar-refractivity contribution in [3.63, 3.8) is 0 Å². The zero-order chi connectivity index (χ0) is 13.6.